The molecule has 0 unspecified atom stereocenters. The largest absolute Gasteiger partial charge is 0.495 e. The zero-order valence-electron chi connectivity index (χ0n) is 12.8. The third kappa shape index (κ3) is 2.32. The highest BCUT2D eigenvalue weighted by atomic mass is 35.5. The predicted octanol–water partition coefficient (Wildman–Crippen LogP) is 3.82. The second-order valence-electron chi connectivity index (χ2n) is 5.91. The second kappa shape index (κ2) is 5.57. The maximum Gasteiger partial charge on any atom is 0.341 e. The Bertz CT molecular complexity index is 933. The first-order valence-corrected chi connectivity index (χ1v) is 8.90. The van der Waals surface area contributed by atoms with Gasteiger partial charge in [-0.2, -0.15) is 0 Å². The summed E-state index contributed by atoms with van der Waals surface area (Å²) in [4.78, 5) is 25.1. The first kappa shape index (κ1) is 15.6. The van der Waals surface area contributed by atoms with Crippen molar-refractivity contribution in [2.24, 2.45) is 0 Å². The van der Waals surface area contributed by atoms with Gasteiger partial charge in [0.05, 0.1) is 17.8 Å². The Kier molecular flexibility index (Phi) is 3.62. The van der Waals surface area contributed by atoms with Crippen LogP contribution in [0.25, 0.3) is 11.3 Å². The van der Waals surface area contributed by atoms with E-state index in [1.54, 1.807) is 29.5 Å². The summed E-state index contributed by atoms with van der Waals surface area (Å²) >= 11 is 7.87. The van der Waals surface area contributed by atoms with Crippen molar-refractivity contribution in [3.05, 3.63) is 44.7 Å². The highest BCUT2D eigenvalue weighted by molar-refractivity contribution is 7.98. The zero-order valence-corrected chi connectivity index (χ0v) is 14.4. The van der Waals surface area contributed by atoms with Crippen LogP contribution >= 0.6 is 23.4 Å². The first-order chi connectivity index (χ1) is 11.5. The van der Waals surface area contributed by atoms with E-state index in [0.29, 0.717) is 16.5 Å². The van der Waals surface area contributed by atoms with Crippen molar-refractivity contribution in [1.82, 2.24) is 4.57 Å². The fourth-order valence-electron chi connectivity index (χ4n) is 3.09. The zero-order chi connectivity index (χ0) is 17.0. The molecule has 1 aromatic carbocycles. The van der Waals surface area contributed by atoms with Gasteiger partial charge in [-0.1, -0.05) is 11.6 Å². The summed E-state index contributed by atoms with van der Waals surface area (Å²) in [7, 11) is 1.56. The van der Waals surface area contributed by atoms with Gasteiger partial charge in [0.25, 0.3) is 5.56 Å². The monoisotopic (exact) mass is 363 g/mol. The minimum absolute atomic E-state index is 0.0716. The molecule has 0 bridgehead atoms. The summed E-state index contributed by atoms with van der Waals surface area (Å²) < 4.78 is 6.92. The molecule has 1 N–H and O–H groups in total. The van der Waals surface area contributed by atoms with Gasteiger partial charge in [0, 0.05) is 22.3 Å². The maximum atomic E-state index is 12.7. The summed E-state index contributed by atoms with van der Waals surface area (Å²) in [6, 6.07) is 5.26. The third-order valence-corrected chi connectivity index (χ3v) is 5.75. The van der Waals surface area contributed by atoms with Crippen molar-refractivity contribution < 1.29 is 14.6 Å². The van der Waals surface area contributed by atoms with Crippen molar-refractivity contribution in [2.45, 2.75) is 29.5 Å². The van der Waals surface area contributed by atoms with E-state index in [2.05, 4.69) is 0 Å². The molecule has 0 atom stereocenters. The molecule has 0 radical (unpaired) electrons. The minimum Gasteiger partial charge on any atom is -0.495 e. The molecular formula is C17H14ClNO4S. The number of carboxylic acid groups (broad SMARTS) is 1. The van der Waals surface area contributed by atoms with E-state index in [1.165, 1.54) is 6.07 Å². The number of aromatic nitrogens is 1. The third-order valence-electron chi connectivity index (χ3n) is 4.35. The maximum absolute atomic E-state index is 12.7. The molecule has 2 heterocycles. The molecule has 5 nitrogen and oxygen atoms in total. The van der Waals surface area contributed by atoms with Crippen LogP contribution in [-0.2, 0) is 5.75 Å². The van der Waals surface area contributed by atoms with Gasteiger partial charge >= 0.3 is 5.97 Å². The Morgan fingerprint density at radius 3 is 2.75 bits per heavy atom. The van der Waals surface area contributed by atoms with E-state index < -0.39 is 11.5 Å². The highest BCUT2D eigenvalue weighted by Crippen LogP contribution is 2.47. The van der Waals surface area contributed by atoms with E-state index in [1.807, 2.05) is 6.07 Å². The summed E-state index contributed by atoms with van der Waals surface area (Å²) in [6.45, 7) is 0. The number of methoxy groups -OCH3 is 1. The topological polar surface area (TPSA) is 68.5 Å². The van der Waals surface area contributed by atoms with Crippen LogP contribution in [-0.4, -0.2) is 22.8 Å². The average Bonchev–Trinajstić information content (AvgIpc) is 3.38. The summed E-state index contributed by atoms with van der Waals surface area (Å²) in [5, 5.41) is 9.82. The lowest BCUT2D eigenvalue weighted by molar-refractivity contribution is 0.0694. The van der Waals surface area contributed by atoms with Crippen LogP contribution in [0.2, 0.25) is 5.02 Å². The normalized spacial score (nSPS) is 15.6. The fraction of sp³-hybridized carbons (Fsp3) is 0.294. The number of nitrogens with zero attached hydrogens (tertiary/aromatic N) is 1. The SMILES string of the molecule is COc1cc2c(cc1Cl)-c1c(cc(C(=O)O)c(=O)n1C1CC1)CS2. The molecule has 1 fully saturated rings. The molecular weight excluding hydrogens is 350 g/mol. The molecule has 2 aromatic rings. The minimum atomic E-state index is -1.18. The first-order valence-electron chi connectivity index (χ1n) is 7.53. The number of thioether (sulfide) groups is 1. The van der Waals surface area contributed by atoms with Crippen molar-refractivity contribution in [2.75, 3.05) is 7.11 Å². The van der Waals surface area contributed by atoms with Crippen LogP contribution in [0.3, 0.4) is 0 Å². The van der Waals surface area contributed by atoms with Crippen molar-refractivity contribution >= 4 is 29.3 Å². The van der Waals surface area contributed by atoms with E-state index in [9.17, 15) is 14.7 Å². The smallest absolute Gasteiger partial charge is 0.341 e. The number of pyridine rings is 1. The van der Waals surface area contributed by atoms with Crippen LogP contribution in [0.1, 0.15) is 34.8 Å². The molecule has 0 amide bonds. The van der Waals surface area contributed by atoms with Crippen LogP contribution in [0.15, 0.2) is 27.9 Å². The Hall–Kier alpha value is -1.92. The van der Waals surface area contributed by atoms with E-state index in [0.717, 1.165) is 34.6 Å². The molecule has 4 rings (SSSR count). The van der Waals surface area contributed by atoms with Gasteiger partial charge in [-0.05, 0) is 36.6 Å². The van der Waals surface area contributed by atoms with E-state index >= 15 is 0 Å². The van der Waals surface area contributed by atoms with Gasteiger partial charge in [-0.3, -0.25) is 4.79 Å². The molecule has 124 valence electrons. The number of ether oxygens (including phenoxy) is 1. The second-order valence-corrected chi connectivity index (χ2v) is 7.34. The standard InChI is InChI=1S/C17H14ClNO4S/c1-23-13-6-14-10(5-12(13)18)15-8(7-24-14)4-11(17(21)22)16(20)19(15)9-2-3-9/h4-6,9H,2-3,7H2,1H3,(H,21,22). The molecule has 0 spiro atoms. The highest BCUT2D eigenvalue weighted by Gasteiger charge is 2.33. The molecule has 1 aliphatic carbocycles. The van der Waals surface area contributed by atoms with E-state index in [-0.39, 0.29) is 11.6 Å². The number of halogens is 1. The molecule has 7 heteroatoms. The number of carbonyl (C=O) groups is 1. The number of fused-ring (bicyclic) bond motifs is 3. The lowest BCUT2D eigenvalue weighted by Crippen LogP contribution is -2.29. The number of aromatic carboxylic acids is 1. The summed E-state index contributed by atoms with van der Waals surface area (Å²) in [5.74, 6) is 0.0232. The summed E-state index contributed by atoms with van der Waals surface area (Å²) in [6.07, 6.45) is 1.78. The average molecular weight is 364 g/mol. The van der Waals surface area contributed by atoms with Crippen molar-refractivity contribution in [3.63, 3.8) is 0 Å². The number of carboxylic acids is 1. The van der Waals surface area contributed by atoms with Crippen LogP contribution in [0.4, 0.5) is 0 Å². The Morgan fingerprint density at radius 1 is 1.38 bits per heavy atom. The number of hydrogen-bond acceptors (Lipinski definition) is 4. The van der Waals surface area contributed by atoms with Crippen LogP contribution in [0, 0.1) is 0 Å². The molecule has 1 aliphatic heterocycles. The quantitative estimate of drug-likeness (QED) is 0.897. The van der Waals surface area contributed by atoms with Gasteiger partial charge in [-0.15, -0.1) is 11.8 Å². The van der Waals surface area contributed by atoms with Crippen molar-refractivity contribution in [1.29, 1.82) is 0 Å². The summed E-state index contributed by atoms with van der Waals surface area (Å²) in [5.41, 5.74) is 1.93. The Morgan fingerprint density at radius 2 is 2.12 bits per heavy atom. The molecule has 2 aliphatic rings. The molecule has 1 aromatic heterocycles. The lowest BCUT2D eigenvalue weighted by Gasteiger charge is -2.25. The van der Waals surface area contributed by atoms with E-state index in [4.69, 9.17) is 16.3 Å². The molecule has 0 saturated heterocycles. The van der Waals surface area contributed by atoms with Gasteiger partial charge in [0.1, 0.15) is 11.3 Å². The number of benzene rings is 1. The fourth-order valence-corrected chi connectivity index (χ4v) is 4.36. The van der Waals surface area contributed by atoms with Gasteiger partial charge in [0.2, 0.25) is 0 Å². The number of hydrogen-bond donors (Lipinski definition) is 1. The van der Waals surface area contributed by atoms with Crippen LogP contribution < -0.4 is 10.3 Å². The van der Waals surface area contributed by atoms with Gasteiger partial charge < -0.3 is 14.4 Å². The Balaban J connectivity index is 2.03. The Labute approximate surface area is 147 Å². The lowest BCUT2D eigenvalue weighted by atomic mass is 10.0. The molecule has 1 saturated carbocycles. The molecule has 24 heavy (non-hydrogen) atoms. The predicted molar refractivity (Wildman–Crippen MR) is 92.5 cm³/mol. The van der Waals surface area contributed by atoms with Gasteiger partial charge in [-0.25, -0.2) is 4.79 Å². The van der Waals surface area contributed by atoms with Gasteiger partial charge in [0.15, 0.2) is 0 Å². The van der Waals surface area contributed by atoms with Crippen molar-refractivity contribution in [3.8, 4) is 17.0 Å². The number of rotatable bonds is 3. The van der Waals surface area contributed by atoms with Crippen LogP contribution in [0.5, 0.6) is 5.75 Å².